The summed E-state index contributed by atoms with van der Waals surface area (Å²) in [5.41, 5.74) is 7.70. The summed E-state index contributed by atoms with van der Waals surface area (Å²) >= 11 is 0. The maximum Gasteiger partial charge on any atom is 0.241 e. The van der Waals surface area contributed by atoms with Crippen molar-refractivity contribution in [2.75, 3.05) is 13.1 Å². The molecule has 0 spiro atoms. The first-order chi connectivity index (χ1) is 10.4. The topological polar surface area (TPSA) is 101 Å². The summed E-state index contributed by atoms with van der Waals surface area (Å²) < 4.78 is 27.3. The summed E-state index contributed by atoms with van der Waals surface area (Å²) in [6.07, 6.45) is 0.0687. The molecule has 8 heteroatoms. The van der Waals surface area contributed by atoms with Crippen LogP contribution in [0.3, 0.4) is 0 Å². The minimum atomic E-state index is -3.63. The van der Waals surface area contributed by atoms with E-state index in [-0.39, 0.29) is 36.2 Å². The zero-order valence-corrected chi connectivity index (χ0v) is 16.5. The normalized spacial score (nSPS) is 11.8. The standard InChI is InChI=1S/C16H27N3O3S.ClH/c1-11-8-12(2)15(13(3)9-11)23(21,22)19-7-6-14(20)18-10-16(4,5)17;/h8-9,19H,6-7,10,17H2,1-5H3,(H,18,20);1H. The number of amides is 1. The number of sulfonamides is 1. The summed E-state index contributed by atoms with van der Waals surface area (Å²) in [6, 6.07) is 3.66. The molecule has 0 unspecified atom stereocenters. The van der Waals surface area contributed by atoms with Crippen molar-refractivity contribution in [3.63, 3.8) is 0 Å². The molecule has 0 heterocycles. The van der Waals surface area contributed by atoms with Gasteiger partial charge in [-0.3, -0.25) is 4.79 Å². The number of halogens is 1. The van der Waals surface area contributed by atoms with Gasteiger partial charge in [0.05, 0.1) is 4.90 Å². The Labute approximate surface area is 151 Å². The molecule has 4 N–H and O–H groups in total. The van der Waals surface area contributed by atoms with E-state index in [0.717, 1.165) is 5.56 Å². The van der Waals surface area contributed by atoms with Crippen LogP contribution >= 0.6 is 12.4 Å². The van der Waals surface area contributed by atoms with Gasteiger partial charge in [0.1, 0.15) is 0 Å². The Kier molecular flexibility index (Phi) is 8.38. The molecule has 6 nitrogen and oxygen atoms in total. The van der Waals surface area contributed by atoms with Crippen molar-refractivity contribution < 1.29 is 13.2 Å². The number of hydrogen-bond donors (Lipinski definition) is 3. The quantitative estimate of drug-likeness (QED) is 0.671. The van der Waals surface area contributed by atoms with Crippen molar-refractivity contribution in [1.29, 1.82) is 0 Å². The van der Waals surface area contributed by atoms with Crippen LogP contribution in [0.1, 0.15) is 37.0 Å². The van der Waals surface area contributed by atoms with Gasteiger partial charge in [0.15, 0.2) is 0 Å². The first-order valence-corrected chi connectivity index (χ1v) is 9.04. The molecule has 1 rings (SSSR count). The monoisotopic (exact) mass is 377 g/mol. The van der Waals surface area contributed by atoms with Crippen LogP contribution in [-0.4, -0.2) is 33.0 Å². The van der Waals surface area contributed by atoms with Crippen molar-refractivity contribution >= 4 is 28.3 Å². The van der Waals surface area contributed by atoms with Crippen LogP contribution < -0.4 is 15.8 Å². The fraction of sp³-hybridized carbons (Fsp3) is 0.562. The molecule has 0 bridgehead atoms. The van der Waals surface area contributed by atoms with Crippen molar-refractivity contribution in [2.45, 2.75) is 51.5 Å². The summed E-state index contributed by atoms with van der Waals surface area (Å²) in [5.74, 6) is -0.233. The highest BCUT2D eigenvalue weighted by atomic mass is 35.5. The number of carbonyl (C=O) groups is 1. The number of hydrogen-bond acceptors (Lipinski definition) is 4. The number of nitrogens with two attached hydrogens (primary N) is 1. The van der Waals surface area contributed by atoms with Crippen molar-refractivity contribution in [3.8, 4) is 0 Å². The average Bonchev–Trinajstić information content (AvgIpc) is 2.33. The van der Waals surface area contributed by atoms with Gasteiger partial charge in [0, 0.05) is 25.0 Å². The maximum atomic E-state index is 12.4. The van der Waals surface area contributed by atoms with Gasteiger partial charge in [-0.2, -0.15) is 0 Å². The molecule has 1 aromatic rings. The fourth-order valence-electron chi connectivity index (χ4n) is 2.38. The lowest BCUT2D eigenvalue weighted by molar-refractivity contribution is -0.121. The highest BCUT2D eigenvalue weighted by Gasteiger charge is 2.20. The van der Waals surface area contributed by atoms with Gasteiger partial charge < -0.3 is 11.1 Å². The van der Waals surface area contributed by atoms with Crippen LogP contribution in [0.25, 0.3) is 0 Å². The van der Waals surface area contributed by atoms with Crippen LogP contribution in [0.15, 0.2) is 17.0 Å². The van der Waals surface area contributed by atoms with Crippen LogP contribution in [0.2, 0.25) is 0 Å². The molecular formula is C16H28ClN3O3S. The predicted molar refractivity (Wildman–Crippen MR) is 99.0 cm³/mol. The van der Waals surface area contributed by atoms with Crippen molar-refractivity contribution in [2.24, 2.45) is 5.73 Å². The third-order valence-electron chi connectivity index (χ3n) is 3.26. The van der Waals surface area contributed by atoms with Crippen LogP contribution in [0.5, 0.6) is 0 Å². The molecular weight excluding hydrogens is 350 g/mol. The summed E-state index contributed by atoms with van der Waals surface area (Å²) in [7, 11) is -3.63. The Hall–Kier alpha value is -1.15. The highest BCUT2D eigenvalue weighted by Crippen LogP contribution is 2.21. The molecule has 0 aliphatic rings. The molecule has 138 valence electrons. The van der Waals surface area contributed by atoms with E-state index in [1.807, 2.05) is 19.1 Å². The smallest absolute Gasteiger partial charge is 0.241 e. The molecule has 0 fully saturated rings. The second-order valence-electron chi connectivity index (χ2n) is 6.64. The lowest BCUT2D eigenvalue weighted by Crippen LogP contribution is -2.45. The fourth-order valence-corrected chi connectivity index (χ4v) is 3.86. The first-order valence-electron chi connectivity index (χ1n) is 7.55. The summed E-state index contributed by atoms with van der Waals surface area (Å²) in [4.78, 5) is 12.0. The highest BCUT2D eigenvalue weighted by molar-refractivity contribution is 7.89. The SMILES string of the molecule is Cc1cc(C)c(S(=O)(=O)NCCC(=O)NCC(C)(C)N)c(C)c1.Cl. The lowest BCUT2D eigenvalue weighted by atomic mass is 10.1. The predicted octanol–water partition coefficient (Wildman–Crippen LogP) is 1.56. The average molecular weight is 378 g/mol. The number of rotatable bonds is 7. The van der Waals surface area contributed by atoms with Crippen LogP contribution in [0.4, 0.5) is 0 Å². The van der Waals surface area contributed by atoms with E-state index in [1.54, 1.807) is 27.7 Å². The Morgan fingerprint density at radius 1 is 1.17 bits per heavy atom. The van der Waals surface area contributed by atoms with Gasteiger partial charge in [-0.25, -0.2) is 13.1 Å². The molecule has 24 heavy (non-hydrogen) atoms. The van der Waals surface area contributed by atoms with Gasteiger partial charge in [0.2, 0.25) is 15.9 Å². The Balaban J connectivity index is 0.00000529. The van der Waals surface area contributed by atoms with E-state index in [2.05, 4.69) is 10.0 Å². The second-order valence-corrected chi connectivity index (χ2v) is 8.34. The summed E-state index contributed by atoms with van der Waals surface area (Å²) in [5, 5.41) is 2.68. The zero-order chi connectivity index (χ0) is 17.8. The minimum Gasteiger partial charge on any atom is -0.354 e. The molecule has 0 saturated heterocycles. The lowest BCUT2D eigenvalue weighted by Gasteiger charge is -2.19. The number of nitrogens with one attached hydrogen (secondary N) is 2. The van der Waals surface area contributed by atoms with Crippen LogP contribution in [0, 0.1) is 20.8 Å². The van der Waals surface area contributed by atoms with Crippen molar-refractivity contribution in [3.05, 3.63) is 28.8 Å². The van der Waals surface area contributed by atoms with E-state index in [0.29, 0.717) is 17.7 Å². The zero-order valence-electron chi connectivity index (χ0n) is 14.9. The van der Waals surface area contributed by atoms with E-state index in [1.165, 1.54) is 0 Å². The van der Waals surface area contributed by atoms with E-state index in [9.17, 15) is 13.2 Å². The molecule has 0 aliphatic carbocycles. The first kappa shape index (κ1) is 22.9. The molecule has 1 amide bonds. The number of carbonyl (C=O) groups excluding carboxylic acids is 1. The Morgan fingerprint density at radius 3 is 2.12 bits per heavy atom. The Bertz CT molecular complexity index is 659. The number of benzene rings is 1. The third-order valence-corrected chi connectivity index (χ3v) is 5.02. The van der Waals surface area contributed by atoms with E-state index >= 15 is 0 Å². The molecule has 0 radical (unpaired) electrons. The molecule has 0 aliphatic heterocycles. The van der Waals surface area contributed by atoms with E-state index in [4.69, 9.17) is 5.73 Å². The third kappa shape index (κ3) is 7.17. The molecule has 1 aromatic carbocycles. The molecule has 0 aromatic heterocycles. The largest absolute Gasteiger partial charge is 0.354 e. The van der Waals surface area contributed by atoms with Gasteiger partial charge in [-0.05, 0) is 45.7 Å². The maximum absolute atomic E-state index is 12.4. The number of aryl methyl sites for hydroxylation is 3. The van der Waals surface area contributed by atoms with Gasteiger partial charge in [-0.1, -0.05) is 17.7 Å². The second kappa shape index (κ2) is 8.80. The van der Waals surface area contributed by atoms with Gasteiger partial charge >= 0.3 is 0 Å². The van der Waals surface area contributed by atoms with Gasteiger partial charge in [0.25, 0.3) is 0 Å². The Morgan fingerprint density at radius 2 is 1.67 bits per heavy atom. The minimum absolute atomic E-state index is 0. The molecule has 0 saturated carbocycles. The van der Waals surface area contributed by atoms with Crippen LogP contribution in [-0.2, 0) is 14.8 Å². The molecule has 0 atom stereocenters. The summed E-state index contributed by atoms with van der Waals surface area (Å²) in [6.45, 7) is 9.46. The van der Waals surface area contributed by atoms with Gasteiger partial charge in [-0.15, -0.1) is 12.4 Å². The van der Waals surface area contributed by atoms with Crippen molar-refractivity contribution in [1.82, 2.24) is 10.0 Å². The van der Waals surface area contributed by atoms with E-state index < -0.39 is 15.6 Å².